The van der Waals surface area contributed by atoms with E-state index in [4.69, 9.17) is 15.2 Å². The number of hydrogen-bond donors (Lipinski definition) is 1. The van der Waals surface area contributed by atoms with Crippen molar-refractivity contribution < 1.29 is 9.47 Å². The standard InChI is InChI=1S/C17H20BrNO2/c1-11-4-6-15(12(2)19)17(8-11)21-10-13-9-14(18)5-7-16(13)20-3/h4-9,12H,10,19H2,1-3H3/t12-/m0/s1. The minimum Gasteiger partial charge on any atom is -0.496 e. The molecular formula is C17H20BrNO2. The van der Waals surface area contributed by atoms with Crippen molar-refractivity contribution in [2.24, 2.45) is 5.73 Å². The molecule has 112 valence electrons. The van der Waals surface area contributed by atoms with Gasteiger partial charge in [-0.2, -0.15) is 0 Å². The summed E-state index contributed by atoms with van der Waals surface area (Å²) in [6.07, 6.45) is 0. The van der Waals surface area contributed by atoms with Crippen LogP contribution in [0.25, 0.3) is 0 Å². The third-order valence-corrected chi connectivity index (χ3v) is 3.78. The summed E-state index contributed by atoms with van der Waals surface area (Å²) in [5, 5.41) is 0. The molecule has 0 heterocycles. The summed E-state index contributed by atoms with van der Waals surface area (Å²) in [6, 6.07) is 11.9. The van der Waals surface area contributed by atoms with Gasteiger partial charge in [-0.25, -0.2) is 0 Å². The number of nitrogens with two attached hydrogens (primary N) is 1. The zero-order chi connectivity index (χ0) is 15.4. The van der Waals surface area contributed by atoms with Crippen LogP contribution < -0.4 is 15.2 Å². The molecule has 1 atom stereocenters. The van der Waals surface area contributed by atoms with Crippen molar-refractivity contribution >= 4 is 15.9 Å². The molecule has 0 fully saturated rings. The molecule has 0 unspecified atom stereocenters. The van der Waals surface area contributed by atoms with Gasteiger partial charge < -0.3 is 15.2 Å². The quantitative estimate of drug-likeness (QED) is 0.871. The molecule has 0 aliphatic rings. The van der Waals surface area contributed by atoms with Crippen LogP contribution in [0.1, 0.15) is 29.7 Å². The lowest BCUT2D eigenvalue weighted by molar-refractivity contribution is 0.292. The Morgan fingerprint density at radius 3 is 2.57 bits per heavy atom. The van der Waals surface area contributed by atoms with E-state index in [0.717, 1.165) is 32.7 Å². The van der Waals surface area contributed by atoms with Gasteiger partial charge in [-0.05, 0) is 43.7 Å². The Labute approximate surface area is 134 Å². The minimum absolute atomic E-state index is 0.0648. The molecule has 21 heavy (non-hydrogen) atoms. The summed E-state index contributed by atoms with van der Waals surface area (Å²) in [4.78, 5) is 0. The van der Waals surface area contributed by atoms with Crippen molar-refractivity contribution in [3.8, 4) is 11.5 Å². The van der Waals surface area contributed by atoms with E-state index in [2.05, 4.69) is 15.9 Å². The summed E-state index contributed by atoms with van der Waals surface area (Å²) in [7, 11) is 1.66. The zero-order valence-electron chi connectivity index (χ0n) is 12.5. The molecule has 0 radical (unpaired) electrons. The molecule has 0 aromatic heterocycles. The fourth-order valence-corrected chi connectivity index (χ4v) is 2.57. The Hall–Kier alpha value is -1.52. The number of hydrogen-bond acceptors (Lipinski definition) is 3. The second-order valence-electron chi connectivity index (χ2n) is 5.07. The normalized spacial score (nSPS) is 12.0. The molecule has 0 aliphatic heterocycles. The van der Waals surface area contributed by atoms with E-state index in [9.17, 15) is 0 Å². The molecule has 4 heteroatoms. The Morgan fingerprint density at radius 1 is 1.14 bits per heavy atom. The van der Waals surface area contributed by atoms with E-state index in [1.54, 1.807) is 7.11 Å². The number of rotatable bonds is 5. The zero-order valence-corrected chi connectivity index (χ0v) is 14.1. The average molecular weight is 350 g/mol. The number of halogens is 1. The van der Waals surface area contributed by atoms with Crippen molar-refractivity contribution in [1.29, 1.82) is 0 Å². The van der Waals surface area contributed by atoms with Crippen LogP contribution in [-0.4, -0.2) is 7.11 Å². The van der Waals surface area contributed by atoms with Crippen LogP contribution in [0, 0.1) is 6.92 Å². The summed E-state index contributed by atoms with van der Waals surface area (Å²) >= 11 is 3.47. The highest BCUT2D eigenvalue weighted by molar-refractivity contribution is 9.10. The van der Waals surface area contributed by atoms with Crippen molar-refractivity contribution in [1.82, 2.24) is 0 Å². The Morgan fingerprint density at radius 2 is 1.90 bits per heavy atom. The maximum atomic E-state index is 6.00. The minimum atomic E-state index is -0.0648. The van der Waals surface area contributed by atoms with Crippen LogP contribution in [0.3, 0.4) is 0 Å². The second-order valence-corrected chi connectivity index (χ2v) is 5.99. The van der Waals surface area contributed by atoms with Gasteiger partial charge in [0.2, 0.25) is 0 Å². The van der Waals surface area contributed by atoms with E-state index in [1.165, 1.54) is 0 Å². The number of methoxy groups -OCH3 is 1. The predicted octanol–water partition coefficient (Wildman–Crippen LogP) is 4.36. The fraction of sp³-hybridized carbons (Fsp3) is 0.294. The van der Waals surface area contributed by atoms with Gasteiger partial charge in [-0.15, -0.1) is 0 Å². The first-order valence-corrected chi connectivity index (χ1v) is 7.62. The molecular weight excluding hydrogens is 330 g/mol. The summed E-state index contributed by atoms with van der Waals surface area (Å²) in [5.74, 6) is 1.64. The van der Waals surface area contributed by atoms with Crippen LogP contribution in [0.2, 0.25) is 0 Å². The topological polar surface area (TPSA) is 44.5 Å². The van der Waals surface area contributed by atoms with Crippen molar-refractivity contribution in [3.05, 3.63) is 57.6 Å². The smallest absolute Gasteiger partial charge is 0.125 e. The maximum absolute atomic E-state index is 6.00. The molecule has 3 nitrogen and oxygen atoms in total. The Kier molecular flexibility index (Phi) is 5.26. The van der Waals surface area contributed by atoms with Crippen molar-refractivity contribution in [2.45, 2.75) is 26.5 Å². The second kappa shape index (κ2) is 6.96. The van der Waals surface area contributed by atoms with Crippen molar-refractivity contribution in [2.75, 3.05) is 7.11 Å². The lowest BCUT2D eigenvalue weighted by Gasteiger charge is -2.16. The van der Waals surface area contributed by atoms with Gasteiger partial charge in [-0.1, -0.05) is 28.1 Å². The molecule has 2 rings (SSSR count). The van der Waals surface area contributed by atoms with E-state index in [1.807, 2.05) is 50.2 Å². The van der Waals surface area contributed by atoms with Crippen LogP contribution >= 0.6 is 15.9 Å². The molecule has 0 spiro atoms. The lowest BCUT2D eigenvalue weighted by atomic mass is 10.1. The molecule has 0 amide bonds. The third-order valence-electron chi connectivity index (χ3n) is 3.29. The number of aryl methyl sites for hydroxylation is 1. The molecule has 0 bridgehead atoms. The first-order valence-electron chi connectivity index (χ1n) is 6.82. The molecule has 0 saturated carbocycles. The van der Waals surface area contributed by atoms with Gasteiger partial charge in [0.25, 0.3) is 0 Å². The van der Waals surface area contributed by atoms with Crippen LogP contribution in [0.4, 0.5) is 0 Å². The van der Waals surface area contributed by atoms with Gasteiger partial charge in [0.15, 0.2) is 0 Å². The van der Waals surface area contributed by atoms with Gasteiger partial charge in [0.1, 0.15) is 18.1 Å². The molecule has 0 aliphatic carbocycles. The molecule has 2 N–H and O–H groups in total. The summed E-state index contributed by atoms with van der Waals surface area (Å²) < 4.78 is 12.3. The van der Waals surface area contributed by atoms with E-state index < -0.39 is 0 Å². The van der Waals surface area contributed by atoms with Gasteiger partial charge in [-0.3, -0.25) is 0 Å². The highest BCUT2D eigenvalue weighted by Gasteiger charge is 2.10. The maximum Gasteiger partial charge on any atom is 0.125 e. The fourth-order valence-electron chi connectivity index (χ4n) is 2.16. The first-order chi connectivity index (χ1) is 10.0. The largest absolute Gasteiger partial charge is 0.496 e. The molecule has 2 aromatic rings. The third kappa shape index (κ3) is 3.99. The molecule has 2 aromatic carbocycles. The monoisotopic (exact) mass is 349 g/mol. The number of benzene rings is 2. The Balaban J connectivity index is 2.24. The highest BCUT2D eigenvalue weighted by atomic mass is 79.9. The van der Waals surface area contributed by atoms with Gasteiger partial charge in [0, 0.05) is 21.6 Å². The highest BCUT2D eigenvalue weighted by Crippen LogP contribution is 2.28. The van der Waals surface area contributed by atoms with Crippen LogP contribution in [0.15, 0.2) is 40.9 Å². The SMILES string of the molecule is COc1ccc(Br)cc1COc1cc(C)ccc1[C@H](C)N. The van der Waals surface area contributed by atoms with E-state index in [0.29, 0.717) is 6.61 Å². The summed E-state index contributed by atoms with van der Waals surface area (Å²) in [5.41, 5.74) is 9.15. The lowest BCUT2D eigenvalue weighted by Crippen LogP contribution is -2.08. The van der Waals surface area contributed by atoms with Crippen LogP contribution in [-0.2, 0) is 6.61 Å². The van der Waals surface area contributed by atoms with Crippen LogP contribution in [0.5, 0.6) is 11.5 Å². The van der Waals surface area contributed by atoms with Gasteiger partial charge in [0.05, 0.1) is 7.11 Å². The van der Waals surface area contributed by atoms with Gasteiger partial charge >= 0.3 is 0 Å². The number of ether oxygens (including phenoxy) is 2. The Bertz CT molecular complexity index is 626. The summed E-state index contributed by atoms with van der Waals surface area (Å²) in [6.45, 7) is 4.43. The average Bonchev–Trinajstić information content (AvgIpc) is 2.45. The van der Waals surface area contributed by atoms with E-state index in [-0.39, 0.29) is 6.04 Å². The molecule has 0 saturated heterocycles. The first kappa shape index (κ1) is 15.9. The van der Waals surface area contributed by atoms with Crippen molar-refractivity contribution in [3.63, 3.8) is 0 Å². The predicted molar refractivity (Wildman–Crippen MR) is 88.8 cm³/mol. The van der Waals surface area contributed by atoms with E-state index >= 15 is 0 Å².